The first-order valence-electron chi connectivity index (χ1n) is 6.07. The fraction of sp³-hybridized carbons (Fsp3) is 0.538. The van der Waals surface area contributed by atoms with Crippen LogP contribution in [0.3, 0.4) is 0 Å². The van der Waals surface area contributed by atoms with E-state index in [1.165, 1.54) is 0 Å². The molecule has 1 aliphatic heterocycles. The van der Waals surface area contributed by atoms with E-state index in [2.05, 4.69) is 4.98 Å². The van der Waals surface area contributed by atoms with Crippen LogP contribution in [-0.4, -0.2) is 52.8 Å². The summed E-state index contributed by atoms with van der Waals surface area (Å²) in [5.74, 6) is -0.0557. The second-order valence-corrected chi connectivity index (χ2v) is 4.71. The van der Waals surface area contributed by atoms with Gasteiger partial charge in [0.25, 0.3) is 5.91 Å². The van der Waals surface area contributed by atoms with Crippen molar-refractivity contribution in [2.24, 2.45) is 0 Å². The summed E-state index contributed by atoms with van der Waals surface area (Å²) in [7, 11) is 0. The van der Waals surface area contributed by atoms with Crippen LogP contribution in [0, 0.1) is 6.92 Å². The number of carbonyl (C=O) groups excluding carboxylic acids is 1. The predicted octanol–water partition coefficient (Wildman–Crippen LogP) is 0.612. The van der Waals surface area contributed by atoms with Gasteiger partial charge in [0, 0.05) is 25.5 Å². The van der Waals surface area contributed by atoms with Gasteiger partial charge in [-0.2, -0.15) is 0 Å². The number of aryl methyl sites for hydroxylation is 1. The lowest BCUT2D eigenvalue weighted by atomic mass is 10.1. The number of aliphatic hydroxyl groups is 1. The molecule has 5 heteroatoms. The Bertz CT molecular complexity index is 436. The molecule has 2 unspecified atom stereocenters. The zero-order valence-corrected chi connectivity index (χ0v) is 10.7. The number of morpholine rings is 1. The van der Waals surface area contributed by atoms with Gasteiger partial charge < -0.3 is 14.7 Å². The zero-order valence-electron chi connectivity index (χ0n) is 10.7. The van der Waals surface area contributed by atoms with E-state index < -0.39 is 0 Å². The molecule has 1 aliphatic rings. The van der Waals surface area contributed by atoms with Crippen LogP contribution in [0.1, 0.15) is 22.8 Å². The van der Waals surface area contributed by atoms with Gasteiger partial charge >= 0.3 is 0 Å². The summed E-state index contributed by atoms with van der Waals surface area (Å²) < 4.78 is 5.52. The van der Waals surface area contributed by atoms with Gasteiger partial charge in [0.1, 0.15) is 0 Å². The van der Waals surface area contributed by atoms with Gasteiger partial charge in [-0.05, 0) is 25.5 Å². The average Bonchev–Trinajstić information content (AvgIpc) is 2.37. The molecule has 1 N–H and O–H groups in total. The van der Waals surface area contributed by atoms with E-state index in [4.69, 9.17) is 9.84 Å². The molecular formula is C13H18N2O3. The van der Waals surface area contributed by atoms with Crippen molar-refractivity contribution >= 4 is 5.91 Å². The van der Waals surface area contributed by atoms with E-state index >= 15 is 0 Å². The van der Waals surface area contributed by atoms with Crippen LogP contribution >= 0.6 is 0 Å². The fourth-order valence-electron chi connectivity index (χ4n) is 2.17. The molecule has 0 bridgehead atoms. The first-order valence-corrected chi connectivity index (χ1v) is 6.07. The molecule has 2 heterocycles. The summed E-state index contributed by atoms with van der Waals surface area (Å²) >= 11 is 0. The molecule has 0 saturated carbocycles. The molecule has 1 aromatic heterocycles. The molecule has 18 heavy (non-hydrogen) atoms. The number of aliphatic hydroxyl groups excluding tert-OH is 1. The van der Waals surface area contributed by atoms with Gasteiger partial charge in [0.15, 0.2) is 0 Å². The predicted molar refractivity (Wildman–Crippen MR) is 66.3 cm³/mol. The maximum Gasteiger partial charge on any atom is 0.255 e. The number of nitrogens with zero attached hydrogens (tertiary/aromatic N) is 2. The lowest BCUT2D eigenvalue weighted by molar-refractivity contribution is -0.0858. The Morgan fingerprint density at radius 3 is 3.00 bits per heavy atom. The molecule has 2 rings (SSSR count). The SMILES string of the molecule is Cc1cncc(C(=O)N2CC(C)OC(CO)C2)c1. The Morgan fingerprint density at radius 1 is 1.56 bits per heavy atom. The zero-order chi connectivity index (χ0) is 13.1. The van der Waals surface area contributed by atoms with Crippen molar-refractivity contribution in [2.75, 3.05) is 19.7 Å². The molecule has 98 valence electrons. The summed E-state index contributed by atoms with van der Waals surface area (Å²) in [5.41, 5.74) is 1.54. The first kappa shape index (κ1) is 13.0. The Balaban J connectivity index is 2.13. The minimum atomic E-state index is -0.296. The molecule has 0 radical (unpaired) electrons. The van der Waals surface area contributed by atoms with Crippen molar-refractivity contribution in [1.29, 1.82) is 0 Å². The second kappa shape index (κ2) is 5.46. The number of ether oxygens (including phenoxy) is 1. The van der Waals surface area contributed by atoms with Crippen molar-refractivity contribution in [3.05, 3.63) is 29.6 Å². The van der Waals surface area contributed by atoms with Crippen molar-refractivity contribution < 1.29 is 14.6 Å². The standard InChI is InChI=1S/C13H18N2O3/c1-9-3-11(5-14-4-9)13(17)15-6-10(2)18-12(7-15)8-16/h3-5,10,12,16H,6-8H2,1-2H3. The highest BCUT2D eigenvalue weighted by Crippen LogP contribution is 2.14. The van der Waals surface area contributed by atoms with E-state index in [1.54, 1.807) is 17.3 Å². The summed E-state index contributed by atoms with van der Waals surface area (Å²) in [4.78, 5) is 18.1. The highest BCUT2D eigenvalue weighted by molar-refractivity contribution is 5.94. The van der Waals surface area contributed by atoms with E-state index in [0.29, 0.717) is 18.7 Å². The van der Waals surface area contributed by atoms with Crippen LogP contribution in [0.15, 0.2) is 18.5 Å². The lowest BCUT2D eigenvalue weighted by Crippen LogP contribution is -2.50. The smallest absolute Gasteiger partial charge is 0.255 e. The highest BCUT2D eigenvalue weighted by atomic mass is 16.5. The molecule has 0 aliphatic carbocycles. The van der Waals surface area contributed by atoms with Crippen LogP contribution in [0.25, 0.3) is 0 Å². The monoisotopic (exact) mass is 250 g/mol. The number of carbonyl (C=O) groups is 1. The summed E-state index contributed by atoms with van der Waals surface area (Å²) in [6.45, 7) is 4.70. The van der Waals surface area contributed by atoms with Crippen LogP contribution in [0.2, 0.25) is 0 Å². The number of pyridine rings is 1. The quantitative estimate of drug-likeness (QED) is 0.835. The van der Waals surface area contributed by atoms with Gasteiger partial charge in [-0.1, -0.05) is 0 Å². The molecule has 1 aromatic rings. The summed E-state index contributed by atoms with van der Waals surface area (Å²) in [6, 6.07) is 1.82. The molecule has 0 spiro atoms. The molecule has 2 atom stereocenters. The van der Waals surface area contributed by atoms with Crippen LogP contribution in [0.5, 0.6) is 0 Å². The number of hydrogen-bond acceptors (Lipinski definition) is 4. The van der Waals surface area contributed by atoms with Gasteiger partial charge in [0.05, 0.1) is 24.4 Å². The minimum absolute atomic E-state index is 0.0557. The third-order valence-corrected chi connectivity index (χ3v) is 2.94. The highest BCUT2D eigenvalue weighted by Gasteiger charge is 2.28. The van der Waals surface area contributed by atoms with Crippen molar-refractivity contribution in [1.82, 2.24) is 9.88 Å². The Hall–Kier alpha value is -1.46. The molecule has 5 nitrogen and oxygen atoms in total. The van der Waals surface area contributed by atoms with Crippen LogP contribution in [0.4, 0.5) is 0 Å². The number of aromatic nitrogens is 1. The Kier molecular flexibility index (Phi) is 3.93. The van der Waals surface area contributed by atoms with Gasteiger partial charge in [0.2, 0.25) is 0 Å². The average molecular weight is 250 g/mol. The van der Waals surface area contributed by atoms with E-state index in [9.17, 15) is 4.79 Å². The van der Waals surface area contributed by atoms with Crippen molar-refractivity contribution in [3.63, 3.8) is 0 Å². The maximum absolute atomic E-state index is 12.3. The number of hydrogen-bond donors (Lipinski definition) is 1. The van der Waals surface area contributed by atoms with E-state index in [1.807, 2.05) is 19.9 Å². The van der Waals surface area contributed by atoms with Crippen LogP contribution in [-0.2, 0) is 4.74 Å². The van der Waals surface area contributed by atoms with Gasteiger partial charge in [-0.25, -0.2) is 0 Å². The second-order valence-electron chi connectivity index (χ2n) is 4.71. The molecule has 1 amide bonds. The fourth-order valence-corrected chi connectivity index (χ4v) is 2.17. The Labute approximate surface area is 106 Å². The molecule has 0 aromatic carbocycles. The summed E-state index contributed by atoms with van der Waals surface area (Å²) in [6.07, 6.45) is 2.94. The van der Waals surface area contributed by atoms with E-state index in [-0.39, 0.29) is 24.7 Å². The molecular weight excluding hydrogens is 232 g/mol. The van der Waals surface area contributed by atoms with Crippen molar-refractivity contribution in [2.45, 2.75) is 26.1 Å². The van der Waals surface area contributed by atoms with Crippen molar-refractivity contribution in [3.8, 4) is 0 Å². The molecule has 1 fully saturated rings. The Morgan fingerprint density at radius 2 is 2.33 bits per heavy atom. The lowest BCUT2D eigenvalue weighted by Gasteiger charge is -2.36. The minimum Gasteiger partial charge on any atom is -0.394 e. The third kappa shape index (κ3) is 2.86. The topological polar surface area (TPSA) is 62.7 Å². The first-order chi connectivity index (χ1) is 8.60. The third-order valence-electron chi connectivity index (χ3n) is 2.94. The maximum atomic E-state index is 12.3. The van der Waals surface area contributed by atoms with Gasteiger partial charge in [-0.15, -0.1) is 0 Å². The number of amides is 1. The van der Waals surface area contributed by atoms with Crippen LogP contribution < -0.4 is 0 Å². The normalized spacial score (nSPS) is 24.1. The summed E-state index contributed by atoms with van der Waals surface area (Å²) in [5, 5.41) is 9.15. The van der Waals surface area contributed by atoms with E-state index in [0.717, 1.165) is 5.56 Å². The molecule has 1 saturated heterocycles. The number of rotatable bonds is 2. The largest absolute Gasteiger partial charge is 0.394 e. The van der Waals surface area contributed by atoms with Gasteiger partial charge in [-0.3, -0.25) is 9.78 Å².